The zero-order valence-electron chi connectivity index (χ0n) is 16.6. The van der Waals surface area contributed by atoms with Gasteiger partial charge < -0.3 is 5.32 Å². The van der Waals surface area contributed by atoms with Crippen molar-refractivity contribution in [3.63, 3.8) is 0 Å². The number of benzene rings is 1. The molecule has 0 fully saturated rings. The molecule has 0 radical (unpaired) electrons. The van der Waals surface area contributed by atoms with Crippen LogP contribution in [0.3, 0.4) is 0 Å². The van der Waals surface area contributed by atoms with E-state index in [0.717, 1.165) is 38.0 Å². The topological polar surface area (TPSA) is 67.2 Å². The summed E-state index contributed by atoms with van der Waals surface area (Å²) in [6, 6.07) is 11.2. The SMILES string of the molecule is CCCCn1nc(C(=O)NCc2ccc(CN(CC)CC)cc2)ccc1=O. The molecule has 146 valence electrons. The molecule has 1 aromatic heterocycles. The number of carbonyl (C=O) groups excluding carboxylic acids is 1. The van der Waals surface area contributed by atoms with Gasteiger partial charge in [-0.15, -0.1) is 0 Å². The van der Waals surface area contributed by atoms with Gasteiger partial charge in [0.1, 0.15) is 5.69 Å². The van der Waals surface area contributed by atoms with Gasteiger partial charge in [-0.1, -0.05) is 51.5 Å². The van der Waals surface area contributed by atoms with Gasteiger partial charge in [0, 0.05) is 25.7 Å². The first-order valence-electron chi connectivity index (χ1n) is 9.73. The highest BCUT2D eigenvalue weighted by Crippen LogP contribution is 2.08. The van der Waals surface area contributed by atoms with Gasteiger partial charge in [0.25, 0.3) is 11.5 Å². The van der Waals surface area contributed by atoms with Crippen molar-refractivity contribution in [1.29, 1.82) is 0 Å². The third-order valence-electron chi connectivity index (χ3n) is 4.60. The minimum Gasteiger partial charge on any atom is -0.347 e. The molecule has 0 aliphatic heterocycles. The highest BCUT2D eigenvalue weighted by molar-refractivity contribution is 5.91. The maximum atomic E-state index is 12.3. The number of amides is 1. The van der Waals surface area contributed by atoms with Crippen LogP contribution in [0.15, 0.2) is 41.2 Å². The standard InChI is InChI=1S/C21H30N4O2/c1-4-7-14-25-20(26)13-12-19(23-25)21(27)22-15-17-8-10-18(11-9-17)16-24(5-2)6-3/h8-13H,4-7,14-16H2,1-3H3,(H,22,27). The molecule has 1 amide bonds. The molecule has 0 saturated carbocycles. The second kappa shape index (κ2) is 10.6. The molecule has 0 atom stereocenters. The van der Waals surface area contributed by atoms with E-state index >= 15 is 0 Å². The van der Waals surface area contributed by atoms with Crippen molar-refractivity contribution in [3.05, 3.63) is 63.6 Å². The number of aromatic nitrogens is 2. The monoisotopic (exact) mass is 370 g/mol. The van der Waals surface area contributed by atoms with Crippen LogP contribution in [-0.2, 0) is 19.6 Å². The number of rotatable bonds is 10. The number of carbonyl (C=O) groups is 1. The lowest BCUT2D eigenvalue weighted by Crippen LogP contribution is -2.29. The molecule has 1 heterocycles. The summed E-state index contributed by atoms with van der Waals surface area (Å²) in [5.74, 6) is -0.271. The number of nitrogens with zero attached hydrogens (tertiary/aromatic N) is 3. The second-order valence-electron chi connectivity index (χ2n) is 6.59. The number of unbranched alkanes of at least 4 members (excludes halogenated alkanes) is 1. The molecule has 6 nitrogen and oxygen atoms in total. The van der Waals surface area contributed by atoms with Gasteiger partial charge in [-0.3, -0.25) is 14.5 Å². The van der Waals surface area contributed by atoms with Gasteiger partial charge >= 0.3 is 0 Å². The predicted molar refractivity (Wildman–Crippen MR) is 108 cm³/mol. The summed E-state index contributed by atoms with van der Waals surface area (Å²) < 4.78 is 1.36. The fraction of sp³-hybridized carbons (Fsp3) is 0.476. The molecule has 0 spiro atoms. The Labute approximate surface area is 161 Å². The molecule has 2 aromatic rings. The summed E-state index contributed by atoms with van der Waals surface area (Å²) in [4.78, 5) is 26.5. The van der Waals surface area contributed by atoms with Crippen LogP contribution in [0.5, 0.6) is 0 Å². The number of nitrogens with one attached hydrogen (secondary N) is 1. The summed E-state index contributed by atoms with van der Waals surface area (Å²) >= 11 is 0. The molecule has 0 unspecified atom stereocenters. The van der Waals surface area contributed by atoms with E-state index in [0.29, 0.717) is 13.1 Å². The van der Waals surface area contributed by atoms with Gasteiger partial charge in [0.15, 0.2) is 0 Å². The molecular formula is C21H30N4O2. The molecule has 1 N–H and O–H groups in total. The van der Waals surface area contributed by atoms with E-state index in [1.165, 1.54) is 22.4 Å². The molecule has 0 bridgehead atoms. The van der Waals surface area contributed by atoms with Crippen molar-refractivity contribution in [3.8, 4) is 0 Å². The van der Waals surface area contributed by atoms with Crippen LogP contribution >= 0.6 is 0 Å². The van der Waals surface area contributed by atoms with E-state index in [4.69, 9.17) is 0 Å². The van der Waals surface area contributed by atoms with E-state index < -0.39 is 0 Å². The summed E-state index contributed by atoms with van der Waals surface area (Å²) in [5, 5.41) is 7.05. The molecule has 6 heteroatoms. The lowest BCUT2D eigenvalue weighted by Gasteiger charge is -2.18. The largest absolute Gasteiger partial charge is 0.347 e. The van der Waals surface area contributed by atoms with Crippen LogP contribution in [0.1, 0.15) is 55.2 Å². The molecule has 0 aliphatic rings. The van der Waals surface area contributed by atoms with E-state index in [-0.39, 0.29) is 17.2 Å². The van der Waals surface area contributed by atoms with E-state index in [1.54, 1.807) is 0 Å². The Morgan fingerprint density at radius 3 is 2.33 bits per heavy atom. The van der Waals surface area contributed by atoms with E-state index in [1.807, 2.05) is 12.1 Å². The van der Waals surface area contributed by atoms with Crippen molar-refractivity contribution in [1.82, 2.24) is 20.0 Å². The first kappa shape index (κ1) is 20.8. The summed E-state index contributed by atoms with van der Waals surface area (Å²) in [6.45, 7) is 10.3. The molecule has 0 saturated heterocycles. The molecular weight excluding hydrogens is 340 g/mol. The maximum Gasteiger partial charge on any atom is 0.271 e. The highest BCUT2D eigenvalue weighted by Gasteiger charge is 2.09. The second-order valence-corrected chi connectivity index (χ2v) is 6.59. The molecule has 27 heavy (non-hydrogen) atoms. The summed E-state index contributed by atoms with van der Waals surface area (Å²) in [7, 11) is 0. The molecule has 0 aliphatic carbocycles. The van der Waals surface area contributed by atoms with Crippen LogP contribution in [0, 0.1) is 0 Å². The van der Waals surface area contributed by atoms with Crippen LogP contribution in [0.25, 0.3) is 0 Å². The van der Waals surface area contributed by atoms with Crippen molar-refractivity contribution >= 4 is 5.91 Å². The Morgan fingerprint density at radius 1 is 1.04 bits per heavy atom. The number of aryl methyl sites for hydroxylation is 1. The van der Waals surface area contributed by atoms with Gasteiger partial charge in [0.2, 0.25) is 0 Å². The van der Waals surface area contributed by atoms with E-state index in [2.05, 4.69) is 48.2 Å². The van der Waals surface area contributed by atoms with Gasteiger partial charge in [-0.05, 0) is 36.7 Å². The lowest BCUT2D eigenvalue weighted by molar-refractivity contribution is 0.0943. The Bertz CT molecular complexity index is 780. The fourth-order valence-corrected chi connectivity index (χ4v) is 2.78. The van der Waals surface area contributed by atoms with Crippen LogP contribution in [-0.4, -0.2) is 33.7 Å². The fourth-order valence-electron chi connectivity index (χ4n) is 2.78. The first-order chi connectivity index (χ1) is 13.1. The van der Waals surface area contributed by atoms with Crippen molar-refractivity contribution in [2.75, 3.05) is 13.1 Å². The van der Waals surface area contributed by atoms with Crippen LogP contribution < -0.4 is 10.9 Å². The van der Waals surface area contributed by atoms with Gasteiger partial charge in [0.05, 0.1) is 0 Å². The average molecular weight is 370 g/mol. The Kier molecular flexibility index (Phi) is 8.20. The third-order valence-corrected chi connectivity index (χ3v) is 4.60. The first-order valence-corrected chi connectivity index (χ1v) is 9.73. The predicted octanol–water partition coefficient (Wildman–Crippen LogP) is 2.82. The maximum absolute atomic E-state index is 12.3. The molecule has 2 rings (SSSR count). The van der Waals surface area contributed by atoms with E-state index in [9.17, 15) is 9.59 Å². The Hall–Kier alpha value is -2.47. The highest BCUT2D eigenvalue weighted by atomic mass is 16.2. The van der Waals surface area contributed by atoms with Crippen LogP contribution in [0.2, 0.25) is 0 Å². The van der Waals surface area contributed by atoms with Gasteiger partial charge in [-0.25, -0.2) is 4.68 Å². The van der Waals surface area contributed by atoms with Crippen molar-refractivity contribution in [2.24, 2.45) is 0 Å². The zero-order valence-corrected chi connectivity index (χ0v) is 16.6. The Balaban J connectivity index is 1.94. The summed E-state index contributed by atoms with van der Waals surface area (Å²) in [6.07, 6.45) is 1.83. The minimum atomic E-state index is -0.271. The zero-order chi connectivity index (χ0) is 19.6. The quantitative estimate of drug-likeness (QED) is 0.698. The molecule has 1 aromatic carbocycles. The van der Waals surface area contributed by atoms with Crippen molar-refractivity contribution in [2.45, 2.75) is 53.2 Å². The van der Waals surface area contributed by atoms with Crippen LogP contribution in [0.4, 0.5) is 0 Å². The normalized spacial score (nSPS) is 11.0. The average Bonchev–Trinajstić information content (AvgIpc) is 2.70. The smallest absolute Gasteiger partial charge is 0.271 e. The third kappa shape index (κ3) is 6.32. The van der Waals surface area contributed by atoms with Gasteiger partial charge in [-0.2, -0.15) is 5.10 Å². The summed E-state index contributed by atoms with van der Waals surface area (Å²) in [5.41, 5.74) is 2.39. The minimum absolute atomic E-state index is 0.177. The lowest BCUT2D eigenvalue weighted by atomic mass is 10.1. The number of hydrogen-bond acceptors (Lipinski definition) is 4. The number of hydrogen-bond donors (Lipinski definition) is 1. The van der Waals surface area contributed by atoms with Crippen molar-refractivity contribution < 1.29 is 4.79 Å². The Morgan fingerprint density at radius 2 is 1.70 bits per heavy atom.